The summed E-state index contributed by atoms with van der Waals surface area (Å²) in [7, 11) is 2.29. The van der Waals surface area contributed by atoms with Gasteiger partial charge in [-0.25, -0.2) is 4.72 Å². The van der Waals surface area contributed by atoms with E-state index in [4.69, 9.17) is 4.74 Å². The van der Waals surface area contributed by atoms with Gasteiger partial charge in [-0.15, -0.1) is 0 Å². The highest BCUT2D eigenvalue weighted by molar-refractivity contribution is 7.87. The maximum Gasteiger partial charge on any atom is 0.303 e. The van der Waals surface area contributed by atoms with Crippen molar-refractivity contribution < 1.29 is 22.7 Å². The monoisotopic (exact) mass is 497 g/mol. The van der Waals surface area contributed by atoms with Crippen LogP contribution < -0.4 is 9.46 Å². The Morgan fingerprint density at radius 2 is 1.83 bits per heavy atom. The molecule has 4 rings (SSSR count). The average Bonchev–Trinajstić information content (AvgIpc) is 3.15. The van der Waals surface area contributed by atoms with E-state index in [1.807, 2.05) is 29.8 Å². The number of benzene rings is 2. The lowest BCUT2D eigenvalue weighted by Gasteiger charge is -2.24. The number of hydrogen-bond donors (Lipinski definition) is 1. The van der Waals surface area contributed by atoms with Crippen molar-refractivity contribution in [1.29, 1.82) is 0 Å². The molecule has 1 N–H and O–H groups in total. The third-order valence-corrected chi connectivity index (χ3v) is 8.26. The Morgan fingerprint density at radius 3 is 2.46 bits per heavy atom. The summed E-state index contributed by atoms with van der Waals surface area (Å²) in [6.07, 6.45) is 6.46. The van der Waals surface area contributed by atoms with Gasteiger partial charge in [0.15, 0.2) is 6.29 Å². The summed E-state index contributed by atoms with van der Waals surface area (Å²) in [5, 5.41) is 1.01. The maximum atomic E-state index is 12.8. The minimum atomic E-state index is -3.91. The Labute approximate surface area is 206 Å². The minimum Gasteiger partial charge on any atom is -0.497 e. The van der Waals surface area contributed by atoms with Gasteiger partial charge in [-0.1, -0.05) is 25.3 Å². The Morgan fingerprint density at radius 1 is 1.11 bits per heavy atom. The van der Waals surface area contributed by atoms with Gasteiger partial charge < -0.3 is 9.30 Å². The molecule has 0 atom stereocenters. The largest absolute Gasteiger partial charge is 0.497 e. The molecule has 1 aliphatic rings. The van der Waals surface area contributed by atoms with Crippen LogP contribution >= 0.6 is 0 Å². The van der Waals surface area contributed by atoms with E-state index in [-0.39, 0.29) is 5.56 Å². The van der Waals surface area contributed by atoms with Gasteiger partial charge in [0.05, 0.1) is 12.8 Å². The van der Waals surface area contributed by atoms with Gasteiger partial charge in [0.25, 0.3) is 5.91 Å². The second kappa shape index (κ2) is 9.83. The topological polar surface area (TPSA) is 97.7 Å². The predicted octanol–water partition coefficient (Wildman–Crippen LogP) is 4.25. The first-order valence-corrected chi connectivity index (χ1v) is 13.1. The molecule has 9 heteroatoms. The van der Waals surface area contributed by atoms with E-state index in [2.05, 4.69) is 4.72 Å². The molecule has 0 saturated heterocycles. The van der Waals surface area contributed by atoms with E-state index >= 15 is 0 Å². The van der Waals surface area contributed by atoms with Crippen LogP contribution in [0, 0.1) is 0 Å². The highest BCUT2D eigenvalue weighted by atomic mass is 32.2. The number of nitrogens with one attached hydrogen (secondary N) is 1. The number of methoxy groups -OCH3 is 1. The van der Waals surface area contributed by atoms with Gasteiger partial charge in [-0.05, 0) is 54.7 Å². The molecule has 3 aromatic rings. The molecule has 1 amide bonds. The Balaban J connectivity index is 1.91. The first kappa shape index (κ1) is 24.9. The van der Waals surface area contributed by atoms with Crippen molar-refractivity contribution in [2.45, 2.75) is 38.0 Å². The molecule has 1 aliphatic carbocycles. The van der Waals surface area contributed by atoms with Crippen molar-refractivity contribution in [2.75, 3.05) is 21.2 Å². The highest BCUT2D eigenvalue weighted by Crippen LogP contribution is 2.44. The quantitative estimate of drug-likeness (QED) is 0.492. The fourth-order valence-corrected chi connectivity index (χ4v) is 5.52. The van der Waals surface area contributed by atoms with Crippen molar-refractivity contribution >= 4 is 33.3 Å². The van der Waals surface area contributed by atoms with Crippen LogP contribution in [0.3, 0.4) is 0 Å². The maximum absolute atomic E-state index is 12.8. The molecule has 186 valence electrons. The van der Waals surface area contributed by atoms with Crippen LogP contribution in [0.1, 0.15) is 64.3 Å². The van der Waals surface area contributed by atoms with E-state index in [1.165, 1.54) is 26.1 Å². The number of fused-ring (bicyclic) bond motifs is 1. The van der Waals surface area contributed by atoms with E-state index in [0.29, 0.717) is 17.2 Å². The summed E-state index contributed by atoms with van der Waals surface area (Å²) >= 11 is 0. The first-order chi connectivity index (χ1) is 16.7. The lowest BCUT2D eigenvalue weighted by atomic mass is 9.81. The Hall–Kier alpha value is -3.17. The van der Waals surface area contributed by atoms with Crippen LogP contribution in [0.15, 0.2) is 36.4 Å². The standard InChI is InChI=1S/C26H31N3O5S/c1-28(2)35(32,33)27-26(31)18-10-12-22-23(15-18)29(3)25(24(22)17-8-6-5-7-9-17)21-13-11-20(34-4)14-19(21)16-30/h10-17H,5-9H2,1-4H3,(H,27,31). The van der Waals surface area contributed by atoms with Gasteiger partial charge in [-0.3, -0.25) is 9.59 Å². The van der Waals surface area contributed by atoms with Crippen molar-refractivity contribution in [3.63, 3.8) is 0 Å². The molecule has 1 heterocycles. The fourth-order valence-electron chi connectivity index (χ4n) is 4.99. The minimum absolute atomic E-state index is 0.246. The van der Waals surface area contributed by atoms with Gasteiger partial charge in [0.2, 0.25) is 0 Å². The average molecular weight is 498 g/mol. The number of amides is 1. The lowest BCUT2D eigenvalue weighted by molar-refractivity contribution is 0.0979. The number of aromatic nitrogens is 1. The second-order valence-corrected chi connectivity index (χ2v) is 11.1. The summed E-state index contributed by atoms with van der Waals surface area (Å²) < 4.78 is 34.7. The van der Waals surface area contributed by atoms with Gasteiger partial charge in [-0.2, -0.15) is 12.7 Å². The lowest BCUT2D eigenvalue weighted by Crippen LogP contribution is -2.39. The number of carbonyl (C=O) groups excluding carboxylic acids is 2. The van der Waals surface area contributed by atoms with Crippen LogP contribution in [0.2, 0.25) is 0 Å². The van der Waals surface area contributed by atoms with Crippen LogP contribution in [0.4, 0.5) is 0 Å². The Kier molecular flexibility index (Phi) is 7.00. The zero-order chi connectivity index (χ0) is 25.3. The third kappa shape index (κ3) is 4.70. The number of nitrogens with zero attached hydrogens (tertiary/aromatic N) is 2. The van der Waals surface area contributed by atoms with Crippen molar-refractivity contribution in [2.24, 2.45) is 7.05 Å². The zero-order valence-electron chi connectivity index (χ0n) is 20.5. The molecule has 0 radical (unpaired) electrons. The molecule has 0 bridgehead atoms. The van der Waals surface area contributed by atoms with Gasteiger partial charge in [0.1, 0.15) is 5.75 Å². The predicted molar refractivity (Wildman–Crippen MR) is 136 cm³/mol. The van der Waals surface area contributed by atoms with Crippen molar-refractivity contribution in [3.05, 3.63) is 53.1 Å². The molecule has 0 unspecified atom stereocenters. The molecule has 1 fully saturated rings. The smallest absolute Gasteiger partial charge is 0.303 e. The van der Waals surface area contributed by atoms with Gasteiger partial charge in [0, 0.05) is 48.7 Å². The van der Waals surface area contributed by atoms with Crippen molar-refractivity contribution in [3.8, 4) is 17.0 Å². The molecule has 0 spiro atoms. The fraction of sp³-hybridized carbons (Fsp3) is 0.385. The Bertz CT molecular complexity index is 1390. The van der Waals surface area contributed by atoms with E-state index in [9.17, 15) is 18.0 Å². The van der Waals surface area contributed by atoms with Crippen LogP contribution in [-0.4, -0.2) is 50.7 Å². The SMILES string of the molecule is COc1ccc(-c2c(C3CCCCC3)c3ccc(C(=O)NS(=O)(=O)N(C)C)cc3n2C)c(C=O)c1. The van der Waals surface area contributed by atoms with Crippen LogP contribution in [-0.2, 0) is 17.3 Å². The van der Waals surface area contributed by atoms with Crippen molar-refractivity contribution in [1.82, 2.24) is 13.6 Å². The molecule has 8 nitrogen and oxygen atoms in total. The second-order valence-electron chi connectivity index (χ2n) is 9.18. The summed E-state index contributed by atoms with van der Waals surface area (Å²) in [6.45, 7) is 0. The first-order valence-electron chi connectivity index (χ1n) is 11.7. The highest BCUT2D eigenvalue weighted by Gasteiger charge is 2.27. The van der Waals surface area contributed by atoms with Gasteiger partial charge >= 0.3 is 10.2 Å². The van der Waals surface area contributed by atoms with E-state index < -0.39 is 16.1 Å². The molecule has 1 aromatic heterocycles. The number of ether oxygens (including phenoxy) is 1. The number of rotatable bonds is 7. The molecule has 1 saturated carbocycles. The summed E-state index contributed by atoms with van der Waals surface area (Å²) in [4.78, 5) is 24.8. The molecule has 2 aromatic carbocycles. The molecule has 35 heavy (non-hydrogen) atoms. The molecular weight excluding hydrogens is 466 g/mol. The van der Waals surface area contributed by atoms with E-state index in [0.717, 1.165) is 58.4 Å². The third-order valence-electron chi connectivity index (χ3n) is 6.86. The summed E-state index contributed by atoms with van der Waals surface area (Å²) in [5.74, 6) is 0.244. The van der Waals surface area contributed by atoms with Crippen LogP contribution in [0.25, 0.3) is 22.2 Å². The van der Waals surface area contributed by atoms with Crippen LogP contribution in [0.5, 0.6) is 5.75 Å². The normalized spacial score (nSPS) is 14.9. The number of aryl methyl sites for hydroxylation is 1. The number of hydrogen-bond acceptors (Lipinski definition) is 5. The summed E-state index contributed by atoms with van der Waals surface area (Å²) in [5.41, 5.74) is 4.50. The number of aldehydes is 1. The number of carbonyl (C=O) groups is 2. The summed E-state index contributed by atoms with van der Waals surface area (Å²) in [6, 6.07) is 10.7. The molecule has 0 aliphatic heterocycles. The molecular formula is C26H31N3O5S. The zero-order valence-corrected chi connectivity index (χ0v) is 21.3. The van der Waals surface area contributed by atoms with E-state index in [1.54, 1.807) is 25.3 Å².